The smallest absolute Gasteiger partial charge is 0.271 e. The van der Waals surface area contributed by atoms with Crippen LogP contribution >= 0.6 is 0 Å². The summed E-state index contributed by atoms with van der Waals surface area (Å²) in [5, 5.41) is 8.78. The number of nitrogens with two attached hydrogens (primary N) is 1. The number of nitrogen functional groups attached to an aromatic ring is 1. The van der Waals surface area contributed by atoms with Crippen LogP contribution in [0.2, 0.25) is 0 Å². The minimum absolute atomic E-state index is 0.266. The molecule has 70 valence electrons. The standard InChI is InChI=1S/C8H12N4O/c1-5(2)3-10-8(13)7-6(9)4-11-12-7/h4H,1,3,9H2,2H3,(H,10,13)(H,11,12). The highest BCUT2D eigenvalue weighted by Crippen LogP contribution is 2.04. The molecule has 0 atom stereocenters. The Morgan fingerprint density at radius 1 is 1.85 bits per heavy atom. The molecular weight excluding hydrogens is 168 g/mol. The lowest BCUT2D eigenvalue weighted by atomic mass is 10.3. The number of carbonyl (C=O) groups excluding carboxylic acids is 1. The van der Waals surface area contributed by atoms with E-state index in [0.29, 0.717) is 17.9 Å². The number of carbonyl (C=O) groups is 1. The maximum absolute atomic E-state index is 11.3. The van der Waals surface area contributed by atoms with Gasteiger partial charge in [0.25, 0.3) is 5.91 Å². The van der Waals surface area contributed by atoms with E-state index in [1.807, 2.05) is 6.92 Å². The Hall–Kier alpha value is -1.78. The van der Waals surface area contributed by atoms with Crippen molar-refractivity contribution in [3.05, 3.63) is 24.0 Å². The fourth-order valence-electron chi connectivity index (χ4n) is 0.797. The van der Waals surface area contributed by atoms with Gasteiger partial charge >= 0.3 is 0 Å². The van der Waals surface area contributed by atoms with E-state index in [2.05, 4.69) is 22.1 Å². The molecule has 5 nitrogen and oxygen atoms in total. The van der Waals surface area contributed by atoms with E-state index in [-0.39, 0.29) is 5.91 Å². The third-order valence-electron chi connectivity index (χ3n) is 1.45. The predicted octanol–water partition coefficient (Wildman–Crippen LogP) is 0.298. The van der Waals surface area contributed by atoms with Gasteiger partial charge in [0.2, 0.25) is 0 Å². The van der Waals surface area contributed by atoms with Crippen LogP contribution in [0.4, 0.5) is 5.69 Å². The molecule has 1 amide bonds. The number of nitrogens with zero attached hydrogens (tertiary/aromatic N) is 1. The van der Waals surface area contributed by atoms with Crippen molar-refractivity contribution in [2.45, 2.75) is 6.92 Å². The maximum atomic E-state index is 11.3. The van der Waals surface area contributed by atoms with Crippen molar-refractivity contribution >= 4 is 11.6 Å². The molecule has 0 radical (unpaired) electrons. The Kier molecular flexibility index (Phi) is 2.69. The van der Waals surface area contributed by atoms with Crippen molar-refractivity contribution in [2.24, 2.45) is 0 Å². The summed E-state index contributed by atoms with van der Waals surface area (Å²) in [6, 6.07) is 0. The molecule has 4 N–H and O–H groups in total. The molecular formula is C8H12N4O. The quantitative estimate of drug-likeness (QED) is 0.585. The van der Waals surface area contributed by atoms with Gasteiger partial charge in [0, 0.05) is 6.54 Å². The largest absolute Gasteiger partial charge is 0.396 e. The molecule has 1 aromatic heterocycles. The summed E-state index contributed by atoms with van der Waals surface area (Å²) in [6.07, 6.45) is 1.40. The van der Waals surface area contributed by atoms with Crippen LogP contribution in [0.15, 0.2) is 18.3 Å². The second kappa shape index (κ2) is 3.75. The molecule has 5 heteroatoms. The highest BCUT2D eigenvalue weighted by molar-refractivity contribution is 5.97. The number of hydrogen-bond donors (Lipinski definition) is 3. The fourth-order valence-corrected chi connectivity index (χ4v) is 0.797. The van der Waals surface area contributed by atoms with Gasteiger partial charge in [-0.3, -0.25) is 9.89 Å². The Balaban J connectivity index is 2.59. The lowest BCUT2D eigenvalue weighted by Crippen LogP contribution is -2.25. The summed E-state index contributed by atoms with van der Waals surface area (Å²) < 4.78 is 0. The molecule has 0 aliphatic heterocycles. The molecule has 0 unspecified atom stereocenters. The lowest BCUT2D eigenvalue weighted by Gasteiger charge is -2.02. The van der Waals surface area contributed by atoms with Crippen LogP contribution in [0.1, 0.15) is 17.4 Å². The Morgan fingerprint density at radius 3 is 3.00 bits per heavy atom. The highest BCUT2D eigenvalue weighted by Gasteiger charge is 2.10. The molecule has 0 aliphatic rings. The average molecular weight is 180 g/mol. The number of hydrogen-bond acceptors (Lipinski definition) is 3. The molecule has 1 rings (SSSR count). The fraction of sp³-hybridized carbons (Fsp3) is 0.250. The Labute approximate surface area is 76.0 Å². The van der Waals surface area contributed by atoms with Crippen molar-refractivity contribution in [2.75, 3.05) is 12.3 Å². The van der Waals surface area contributed by atoms with Gasteiger partial charge in [0.15, 0.2) is 0 Å². The Bertz CT molecular complexity index is 329. The SMILES string of the molecule is C=C(C)CNC(=O)c1[nH]ncc1N. The first-order chi connectivity index (χ1) is 6.11. The van der Waals surface area contributed by atoms with Crippen LogP contribution < -0.4 is 11.1 Å². The number of rotatable bonds is 3. The molecule has 1 aromatic rings. The predicted molar refractivity (Wildman–Crippen MR) is 50.1 cm³/mol. The number of nitrogens with one attached hydrogen (secondary N) is 2. The van der Waals surface area contributed by atoms with Crippen LogP contribution in [-0.2, 0) is 0 Å². The minimum atomic E-state index is -0.266. The molecule has 0 bridgehead atoms. The second-order valence-corrected chi connectivity index (χ2v) is 2.84. The van der Waals surface area contributed by atoms with E-state index in [1.165, 1.54) is 6.20 Å². The normalized spacial score (nSPS) is 9.62. The second-order valence-electron chi connectivity index (χ2n) is 2.84. The van der Waals surface area contributed by atoms with E-state index in [0.717, 1.165) is 5.57 Å². The van der Waals surface area contributed by atoms with Crippen molar-refractivity contribution < 1.29 is 4.79 Å². The summed E-state index contributed by atoms with van der Waals surface area (Å²) in [7, 11) is 0. The van der Waals surface area contributed by atoms with Gasteiger partial charge in [0.1, 0.15) is 5.69 Å². The van der Waals surface area contributed by atoms with Gasteiger partial charge in [-0.1, -0.05) is 12.2 Å². The molecule has 0 fully saturated rings. The average Bonchev–Trinajstić information content (AvgIpc) is 2.47. The Morgan fingerprint density at radius 2 is 2.54 bits per heavy atom. The number of aromatic nitrogens is 2. The van der Waals surface area contributed by atoms with E-state index >= 15 is 0 Å². The van der Waals surface area contributed by atoms with Crippen LogP contribution in [0.25, 0.3) is 0 Å². The molecule has 0 aliphatic carbocycles. The summed E-state index contributed by atoms with van der Waals surface area (Å²) in [5.74, 6) is -0.266. The zero-order valence-corrected chi connectivity index (χ0v) is 7.42. The zero-order chi connectivity index (χ0) is 9.84. The summed E-state index contributed by atoms with van der Waals surface area (Å²) in [4.78, 5) is 11.3. The van der Waals surface area contributed by atoms with E-state index in [4.69, 9.17) is 5.73 Å². The first kappa shape index (κ1) is 9.31. The topological polar surface area (TPSA) is 83.8 Å². The lowest BCUT2D eigenvalue weighted by molar-refractivity contribution is 0.0953. The van der Waals surface area contributed by atoms with Gasteiger partial charge in [0.05, 0.1) is 11.9 Å². The van der Waals surface area contributed by atoms with Crippen LogP contribution in [0.3, 0.4) is 0 Å². The van der Waals surface area contributed by atoms with Crippen molar-refractivity contribution in [3.8, 4) is 0 Å². The highest BCUT2D eigenvalue weighted by atomic mass is 16.1. The van der Waals surface area contributed by atoms with E-state index in [1.54, 1.807) is 0 Å². The van der Waals surface area contributed by atoms with Crippen molar-refractivity contribution in [1.29, 1.82) is 0 Å². The minimum Gasteiger partial charge on any atom is -0.396 e. The van der Waals surface area contributed by atoms with Gasteiger partial charge in [-0.05, 0) is 6.92 Å². The third-order valence-corrected chi connectivity index (χ3v) is 1.45. The van der Waals surface area contributed by atoms with Crippen molar-refractivity contribution in [1.82, 2.24) is 15.5 Å². The number of amides is 1. The third kappa shape index (κ3) is 2.33. The summed E-state index contributed by atoms with van der Waals surface area (Å²) in [5.41, 5.74) is 6.99. The maximum Gasteiger partial charge on any atom is 0.271 e. The van der Waals surface area contributed by atoms with Gasteiger partial charge < -0.3 is 11.1 Å². The number of H-pyrrole nitrogens is 1. The van der Waals surface area contributed by atoms with Crippen LogP contribution in [0, 0.1) is 0 Å². The first-order valence-corrected chi connectivity index (χ1v) is 3.82. The van der Waals surface area contributed by atoms with Crippen molar-refractivity contribution in [3.63, 3.8) is 0 Å². The van der Waals surface area contributed by atoms with Gasteiger partial charge in [-0.2, -0.15) is 5.10 Å². The van der Waals surface area contributed by atoms with Crippen LogP contribution in [0.5, 0.6) is 0 Å². The molecule has 1 heterocycles. The van der Waals surface area contributed by atoms with E-state index in [9.17, 15) is 4.79 Å². The number of anilines is 1. The molecule has 0 saturated heterocycles. The van der Waals surface area contributed by atoms with Gasteiger partial charge in [-0.15, -0.1) is 0 Å². The van der Waals surface area contributed by atoms with E-state index < -0.39 is 0 Å². The molecule has 0 saturated carbocycles. The number of aromatic amines is 1. The molecule has 0 spiro atoms. The summed E-state index contributed by atoms with van der Waals surface area (Å²) >= 11 is 0. The molecule has 0 aromatic carbocycles. The monoisotopic (exact) mass is 180 g/mol. The first-order valence-electron chi connectivity index (χ1n) is 3.82. The van der Waals surface area contributed by atoms with Gasteiger partial charge in [-0.25, -0.2) is 0 Å². The molecule has 13 heavy (non-hydrogen) atoms. The zero-order valence-electron chi connectivity index (χ0n) is 7.42. The summed E-state index contributed by atoms with van der Waals surface area (Å²) in [6.45, 7) is 5.93. The van der Waals surface area contributed by atoms with Crippen LogP contribution in [-0.4, -0.2) is 22.6 Å².